The van der Waals surface area contributed by atoms with Crippen molar-refractivity contribution in [2.75, 3.05) is 18.7 Å². The Balaban J connectivity index is 2.33. The van der Waals surface area contributed by atoms with Gasteiger partial charge in [0.1, 0.15) is 6.67 Å². The molecule has 74 valence electrons. The van der Waals surface area contributed by atoms with E-state index in [2.05, 4.69) is 10.4 Å². The van der Waals surface area contributed by atoms with E-state index in [0.29, 0.717) is 6.67 Å². The van der Waals surface area contributed by atoms with E-state index in [0.717, 1.165) is 16.3 Å². The fraction of sp³-hybridized carbons (Fsp3) is 0.333. The number of anilines is 1. The summed E-state index contributed by atoms with van der Waals surface area (Å²) in [6, 6.07) is 5.77. The summed E-state index contributed by atoms with van der Waals surface area (Å²) in [7, 11) is 1.88. The summed E-state index contributed by atoms with van der Waals surface area (Å²) in [4.78, 5) is 0. The number of rotatable bonds is 1. The third-order valence-electron chi connectivity index (χ3n) is 2.16. The quantitative estimate of drug-likeness (QED) is 0.714. The smallest absolute Gasteiger partial charge is 0.132 e. The first-order valence-corrected chi connectivity index (χ1v) is 4.71. The Morgan fingerprint density at radius 1 is 1.36 bits per heavy atom. The van der Waals surface area contributed by atoms with Gasteiger partial charge in [-0.05, 0) is 29.8 Å². The van der Waals surface area contributed by atoms with Crippen LogP contribution in [0.2, 0.25) is 5.02 Å². The van der Waals surface area contributed by atoms with Gasteiger partial charge in [0.15, 0.2) is 0 Å². The van der Waals surface area contributed by atoms with Gasteiger partial charge in [0, 0.05) is 12.1 Å². The summed E-state index contributed by atoms with van der Waals surface area (Å²) < 4.78 is 0. The Kier molecular flexibility index (Phi) is 2.29. The van der Waals surface area contributed by atoms with Crippen LogP contribution in [0.1, 0.15) is 5.56 Å². The molecule has 0 aliphatic carbocycles. The monoisotopic (exact) mass is 210 g/mol. The number of nitrogens with zero attached hydrogens (tertiary/aromatic N) is 4. The van der Waals surface area contributed by atoms with Gasteiger partial charge in [-0.2, -0.15) is 0 Å². The van der Waals surface area contributed by atoms with Gasteiger partial charge in [0.05, 0.1) is 5.69 Å². The maximum atomic E-state index is 6.02. The maximum absolute atomic E-state index is 6.02. The van der Waals surface area contributed by atoms with Gasteiger partial charge in [0.2, 0.25) is 0 Å². The molecule has 0 atom stereocenters. The van der Waals surface area contributed by atoms with Gasteiger partial charge >= 0.3 is 0 Å². The van der Waals surface area contributed by atoms with Crippen molar-refractivity contribution in [1.29, 1.82) is 0 Å². The lowest BCUT2D eigenvalue weighted by molar-refractivity contribution is 0.390. The molecule has 0 fully saturated rings. The van der Waals surface area contributed by atoms with Gasteiger partial charge in [0.25, 0.3) is 0 Å². The Labute approximate surface area is 87.7 Å². The van der Waals surface area contributed by atoms with Gasteiger partial charge in [-0.1, -0.05) is 22.9 Å². The minimum absolute atomic E-state index is 0.668. The highest BCUT2D eigenvalue weighted by Crippen LogP contribution is 2.28. The lowest BCUT2D eigenvalue weighted by Gasteiger charge is -2.16. The molecule has 1 aliphatic heterocycles. The van der Waals surface area contributed by atoms with E-state index in [1.54, 1.807) is 5.01 Å². The highest BCUT2D eigenvalue weighted by molar-refractivity contribution is 6.31. The Bertz CT molecular complexity index is 377. The zero-order chi connectivity index (χ0) is 10.1. The molecule has 1 aromatic rings. The Morgan fingerprint density at radius 2 is 2.14 bits per heavy atom. The fourth-order valence-corrected chi connectivity index (χ4v) is 1.54. The number of benzene rings is 1. The Hall–Kier alpha value is -1.29. The minimum atomic E-state index is 0.668. The number of hydrogen-bond acceptors (Lipinski definition) is 4. The van der Waals surface area contributed by atoms with Crippen molar-refractivity contribution < 1.29 is 0 Å². The highest BCUT2D eigenvalue weighted by atomic mass is 35.5. The Morgan fingerprint density at radius 3 is 2.79 bits per heavy atom. The van der Waals surface area contributed by atoms with Gasteiger partial charge < -0.3 is 0 Å². The molecule has 0 radical (unpaired) electrons. The van der Waals surface area contributed by atoms with Crippen molar-refractivity contribution >= 4 is 17.3 Å². The van der Waals surface area contributed by atoms with E-state index in [1.807, 2.05) is 37.2 Å². The van der Waals surface area contributed by atoms with E-state index in [-0.39, 0.29) is 0 Å². The van der Waals surface area contributed by atoms with Crippen molar-refractivity contribution in [2.45, 2.75) is 6.92 Å². The maximum Gasteiger partial charge on any atom is 0.132 e. The van der Waals surface area contributed by atoms with Gasteiger partial charge in [-0.25, -0.2) is 5.01 Å². The average Bonchev–Trinajstić information content (AvgIpc) is 2.57. The third kappa shape index (κ3) is 1.53. The van der Waals surface area contributed by atoms with Crippen LogP contribution in [0.15, 0.2) is 28.6 Å². The minimum Gasteiger partial charge on any atom is -0.258 e. The highest BCUT2D eigenvalue weighted by Gasteiger charge is 2.16. The van der Waals surface area contributed by atoms with Crippen LogP contribution >= 0.6 is 11.6 Å². The zero-order valence-corrected chi connectivity index (χ0v) is 8.86. The van der Waals surface area contributed by atoms with Gasteiger partial charge in [-0.15, -0.1) is 0 Å². The predicted molar refractivity (Wildman–Crippen MR) is 56.2 cm³/mol. The molecule has 1 aliphatic rings. The zero-order valence-electron chi connectivity index (χ0n) is 8.11. The van der Waals surface area contributed by atoms with Crippen LogP contribution in [0.5, 0.6) is 0 Å². The molecule has 0 N–H and O–H groups in total. The first kappa shape index (κ1) is 9.27. The molecule has 0 saturated heterocycles. The number of halogens is 1. The lowest BCUT2D eigenvalue weighted by atomic mass is 10.2. The summed E-state index contributed by atoms with van der Waals surface area (Å²) in [6.07, 6.45) is 0. The van der Waals surface area contributed by atoms with E-state index in [1.165, 1.54) is 0 Å². The van der Waals surface area contributed by atoms with Crippen molar-refractivity contribution in [3.63, 3.8) is 0 Å². The van der Waals surface area contributed by atoms with E-state index in [9.17, 15) is 0 Å². The molecule has 0 aromatic heterocycles. The molecule has 0 spiro atoms. The first-order valence-electron chi connectivity index (χ1n) is 4.34. The average molecular weight is 211 g/mol. The molecule has 5 heteroatoms. The van der Waals surface area contributed by atoms with Crippen LogP contribution < -0.4 is 5.01 Å². The third-order valence-corrected chi connectivity index (χ3v) is 2.57. The number of hydrogen-bond donors (Lipinski definition) is 0. The van der Waals surface area contributed by atoms with E-state index in [4.69, 9.17) is 11.6 Å². The molecule has 0 bridgehead atoms. The van der Waals surface area contributed by atoms with Crippen LogP contribution in [0.25, 0.3) is 0 Å². The first-order chi connectivity index (χ1) is 6.68. The normalized spacial score (nSPS) is 15.4. The summed E-state index contributed by atoms with van der Waals surface area (Å²) in [5, 5.41) is 12.3. The van der Waals surface area contributed by atoms with Crippen molar-refractivity contribution in [3.05, 3.63) is 28.8 Å². The molecule has 0 amide bonds. The van der Waals surface area contributed by atoms with Crippen LogP contribution in [0.4, 0.5) is 5.69 Å². The molecule has 0 saturated carbocycles. The topological polar surface area (TPSA) is 31.2 Å². The predicted octanol–water partition coefficient (Wildman–Crippen LogP) is 2.64. The van der Waals surface area contributed by atoms with Crippen LogP contribution in [-0.4, -0.2) is 18.7 Å². The largest absolute Gasteiger partial charge is 0.258 e. The summed E-state index contributed by atoms with van der Waals surface area (Å²) >= 11 is 6.02. The summed E-state index contributed by atoms with van der Waals surface area (Å²) in [5.41, 5.74) is 2.04. The lowest BCUT2D eigenvalue weighted by Crippen LogP contribution is -2.22. The van der Waals surface area contributed by atoms with Crippen LogP contribution in [0, 0.1) is 6.92 Å². The second kappa shape index (κ2) is 3.46. The van der Waals surface area contributed by atoms with E-state index < -0.39 is 0 Å². The van der Waals surface area contributed by atoms with Gasteiger partial charge in [-0.3, -0.25) is 5.01 Å². The molecule has 4 nitrogen and oxygen atoms in total. The fourth-order valence-electron chi connectivity index (χ4n) is 1.37. The second-order valence-corrected chi connectivity index (χ2v) is 3.67. The van der Waals surface area contributed by atoms with Crippen LogP contribution in [0.3, 0.4) is 0 Å². The molecule has 1 aromatic carbocycles. The van der Waals surface area contributed by atoms with Crippen molar-refractivity contribution in [2.24, 2.45) is 10.4 Å². The molecule has 1 heterocycles. The molecule has 2 rings (SSSR count). The van der Waals surface area contributed by atoms with Crippen LogP contribution in [-0.2, 0) is 0 Å². The molecular weight excluding hydrogens is 200 g/mol. The molecule has 14 heavy (non-hydrogen) atoms. The summed E-state index contributed by atoms with van der Waals surface area (Å²) in [6.45, 7) is 2.65. The molecule has 0 unspecified atom stereocenters. The summed E-state index contributed by atoms with van der Waals surface area (Å²) in [5.74, 6) is 0. The van der Waals surface area contributed by atoms with E-state index >= 15 is 0 Å². The standard InChI is InChI=1S/C9H11ClN4/c1-7-8(10)4-3-5-9(7)14-6-13(2)11-12-14/h3-5H,6H2,1-2H3. The SMILES string of the molecule is Cc1c(Cl)cccc1N1CN(C)N=N1. The second-order valence-electron chi connectivity index (χ2n) is 3.26. The van der Waals surface area contributed by atoms with Crippen molar-refractivity contribution in [3.8, 4) is 0 Å². The molecular formula is C9H11ClN4. The van der Waals surface area contributed by atoms with Crippen molar-refractivity contribution in [1.82, 2.24) is 5.01 Å².